The van der Waals surface area contributed by atoms with Crippen LogP contribution in [0.1, 0.15) is 74.6 Å². The predicted molar refractivity (Wildman–Crippen MR) is 137 cm³/mol. The lowest BCUT2D eigenvalue weighted by Crippen LogP contribution is -2.38. The summed E-state index contributed by atoms with van der Waals surface area (Å²) >= 11 is 0. The molecule has 0 spiro atoms. The summed E-state index contributed by atoms with van der Waals surface area (Å²) in [5, 5.41) is 14.6. The molecule has 4 heterocycles. The number of nitrogens with zero attached hydrogens (tertiary/aromatic N) is 6. The van der Waals surface area contributed by atoms with Crippen LogP contribution in [0.3, 0.4) is 0 Å². The third-order valence-electron chi connectivity index (χ3n) is 7.54. The van der Waals surface area contributed by atoms with Crippen LogP contribution in [0.2, 0.25) is 0 Å². The standard InChI is InChI=1S/C28H29N7O2/c1-2-3-8-25-29-17-24-23(35-26(36)15-16-27(35)37)14-13-22(34(24)25)19-11-9-18(10-12-19)20-6-4-5-7-21(20)28-30-32-33-31-28/h4-7,9-12,17,22-23H,2-3,8,13-16H2,1H3,(H,30,31,32,33)/t22-,23+/m0/s1. The quantitative estimate of drug-likeness (QED) is 0.374. The van der Waals surface area contributed by atoms with Crippen molar-refractivity contribution < 1.29 is 9.59 Å². The van der Waals surface area contributed by atoms with Gasteiger partial charge in [0, 0.05) is 24.8 Å². The van der Waals surface area contributed by atoms with Crippen molar-refractivity contribution in [3.63, 3.8) is 0 Å². The Hall–Kier alpha value is -4.14. The zero-order valence-electron chi connectivity index (χ0n) is 20.8. The summed E-state index contributed by atoms with van der Waals surface area (Å²) in [5.74, 6) is 1.45. The average Bonchev–Trinajstić information content (AvgIpc) is 3.68. The summed E-state index contributed by atoms with van der Waals surface area (Å²) in [6.45, 7) is 2.17. The zero-order valence-corrected chi connectivity index (χ0v) is 20.8. The lowest BCUT2D eigenvalue weighted by Gasteiger charge is -2.36. The van der Waals surface area contributed by atoms with Crippen molar-refractivity contribution in [3.8, 4) is 22.5 Å². The second kappa shape index (κ2) is 9.72. The van der Waals surface area contributed by atoms with Gasteiger partial charge in [-0.25, -0.2) is 4.98 Å². The molecular formula is C28H29N7O2. The van der Waals surface area contributed by atoms with E-state index >= 15 is 0 Å². The number of nitrogens with one attached hydrogen (secondary N) is 1. The van der Waals surface area contributed by atoms with E-state index in [4.69, 9.17) is 4.98 Å². The van der Waals surface area contributed by atoms with E-state index in [9.17, 15) is 9.59 Å². The van der Waals surface area contributed by atoms with Crippen LogP contribution >= 0.6 is 0 Å². The van der Waals surface area contributed by atoms with Gasteiger partial charge in [-0.05, 0) is 41.2 Å². The van der Waals surface area contributed by atoms with Crippen molar-refractivity contribution in [2.75, 3.05) is 0 Å². The van der Waals surface area contributed by atoms with E-state index in [1.165, 1.54) is 10.5 Å². The number of H-pyrrole nitrogens is 1. The van der Waals surface area contributed by atoms with E-state index in [-0.39, 0.29) is 23.9 Å². The SMILES string of the molecule is CCCCc1ncc2n1[C@H](c1ccc(-c3ccccc3-c3nn[nH]n3)cc1)CC[C@H]2N1C(=O)CCC1=O. The van der Waals surface area contributed by atoms with E-state index in [1.54, 1.807) is 0 Å². The van der Waals surface area contributed by atoms with E-state index in [0.717, 1.165) is 60.3 Å². The lowest BCUT2D eigenvalue weighted by atomic mass is 9.90. The van der Waals surface area contributed by atoms with Crippen LogP contribution < -0.4 is 0 Å². The molecule has 2 aromatic carbocycles. The Bertz CT molecular complexity index is 1410. The minimum Gasteiger partial charge on any atom is -0.323 e. The Morgan fingerprint density at radius 2 is 1.68 bits per heavy atom. The number of benzene rings is 2. The molecule has 2 amide bonds. The van der Waals surface area contributed by atoms with Crippen molar-refractivity contribution in [1.82, 2.24) is 35.1 Å². The number of hydrogen-bond donors (Lipinski definition) is 1. The molecule has 4 aromatic rings. The van der Waals surface area contributed by atoms with Gasteiger partial charge >= 0.3 is 0 Å². The molecule has 2 aliphatic heterocycles. The van der Waals surface area contributed by atoms with Gasteiger partial charge in [0.15, 0.2) is 0 Å². The van der Waals surface area contributed by atoms with Gasteiger partial charge in [0.1, 0.15) is 5.82 Å². The molecule has 0 bridgehead atoms. The number of tetrazole rings is 1. The highest BCUT2D eigenvalue weighted by atomic mass is 16.2. The Balaban J connectivity index is 1.35. The fourth-order valence-electron chi connectivity index (χ4n) is 5.74. The zero-order chi connectivity index (χ0) is 25.4. The molecule has 2 aliphatic rings. The first-order chi connectivity index (χ1) is 18.2. The maximum atomic E-state index is 12.6. The smallest absolute Gasteiger partial charge is 0.230 e. The van der Waals surface area contributed by atoms with Crippen LogP contribution in [0, 0.1) is 0 Å². The largest absolute Gasteiger partial charge is 0.323 e. The fraction of sp³-hybridized carbons (Fsp3) is 0.357. The molecule has 0 unspecified atom stereocenters. The van der Waals surface area contributed by atoms with Crippen LogP contribution in [-0.2, 0) is 16.0 Å². The van der Waals surface area contributed by atoms with Crippen LogP contribution in [0.4, 0.5) is 0 Å². The van der Waals surface area contributed by atoms with Crippen molar-refractivity contribution >= 4 is 11.8 Å². The van der Waals surface area contributed by atoms with E-state index < -0.39 is 0 Å². The summed E-state index contributed by atoms with van der Waals surface area (Å²) in [5.41, 5.74) is 5.19. The Labute approximate surface area is 214 Å². The Morgan fingerprint density at radius 3 is 2.38 bits per heavy atom. The second-order valence-corrected chi connectivity index (χ2v) is 9.74. The number of fused-ring (bicyclic) bond motifs is 1. The Morgan fingerprint density at radius 1 is 0.946 bits per heavy atom. The van der Waals surface area contributed by atoms with Gasteiger partial charge in [0.25, 0.3) is 0 Å². The van der Waals surface area contributed by atoms with Crippen molar-refractivity contribution in [2.24, 2.45) is 0 Å². The second-order valence-electron chi connectivity index (χ2n) is 9.74. The van der Waals surface area contributed by atoms with Gasteiger partial charge in [-0.2, -0.15) is 5.21 Å². The van der Waals surface area contributed by atoms with Gasteiger partial charge < -0.3 is 4.57 Å². The molecular weight excluding hydrogens is 466 g/mol. The van der Waals surface area contributed by atoms with Crippen LogP contribution in [-0.4, -0.2) is 46.9 Å². The van der Waals surface area contributed by atoms with Gasteiger partial charge in [0.05, 0.1) is 24.0 Å². The van der Waals surface area contributed by atoms with E-state index in [2.05, 4.69) is 62.4 Å². The molecule has 2 aromatic heterocycles. The monoisotopic (exact) mass is 495 g/mol. The van der Waals surface area contributed by atoms with Gasteiger partial charge in [0.2, 0.25) is 17.6 Å². The first kappa shape index (κ1) is 23.3. The van der Waals surface area contributed by atoms with Crippen molar-refractivity contribution in [1.29, 1.82) is 0 Å². The number of amides is 2. The van der Waals surface area contributed by atoms with Crippen LogP contribution in [0.25, 0.3) is 22.5 Å². The first-order valence-electron chi connectivity index (χ1n) is 13.0. The molecule has 0 aliphatic carbocycles. The molecule has 9 nitrogen and oxygen atoms in total. The number of aryl methyl sites for hydroxylation is 1. The molecule has 1 saturated heterocycles. The Kier molecular flexibility index (Phi) is 6.12. The highest BCUT2D eigenvalue weighted by Crippen LogP contribution is 2.42. The molecule has 9 heteroatoms. The average molecular weight is 496 g/mol. The maximum Gasteiger partial charge on any atom is 0.230 e. The van der Waals surface area contributed by atoms with Crippen molar-refractivity contribution in [3.05, 3.63) is 71.8 Å². The molecule has 6 rings (SSSR count). The predicted octanol–water partition coefficient (Wildman–Crippen LogP) is 4.65. The minimum absolute atomic E-state index is 0.0686. The number of unbranched alkanes of at least 4 members (excludes halogenated alkanes) is 1. The number of aromatic amines is 1. The number of carbonyl (C=O) groups excluding carboxylic acids is 2. The summed E-state index contributed by atoms with van der Waals surface area (Å²) < 4.78 is 2.30. The van der Waals surface area contributed by atoms with Gasteiger partial charge in [-0.3, -0.25) is 14.5 Å². The normalized spacial score (nSPS) is 19.4. The number of imidazole rings is 1. The number of likely N-dealkylation sites (tertiary alicyclic amines) is 1. The summed E-state index contributed by atoms with van der Waals surface area (Å²) in [6, 6.07) is 16.5. The van der Waals surface area contributed by atoms with Crippen LogP contribution in [0.5, 0.6) is 0 Å². The third kappa shape index (κ3) is 4.14. The molecule has 0 saturated carbocycles. The number of aromatic nitrogens is 6. The van der Waals surface area contributed by atoms with E-state index in [0.29, 0.717) is 18.7 Å². The number of carbonyl (C=O) groups is 2. The van der Waals surface area contributed by atoms with Gasteiger partial charge in [-0.1, -0.05) is 61.9 Å². The number of hydrogen-bond acceptors (Lipinski definition) is 6. The van der Waals surface area contributed by atoms with Crippen LogP contribution in [0.15, 0.2) is 54.7 Å². The third-order valence-corrected chi connectivity index (χ3v) is 7.54. The maximum absolute atomic E-state index is 12.6. The fourth-order valence-corrected chi connectivity index (χ4v) is 5.74. The molecule has 1 N–H and O–H groups in total. The van der Waals surface area contributed by atoms with Gasteiger partial charge in [-0.15, -0.1) is 10.2 Å². The van der Waals surface area contributed by atoms with E-state index in [1.807, 2.05) is 24.4 Å². The molecule has 37 heavy (non-hydrogen) atoms. The molecule has 188 valence electrons. The number of rotatable bonds is 7. The summed E-state index contributed by atoms with van der Waals surface area (Å²) in [4.78, 5) is 31.4. The molecule has 1 fully saturated rings. The number of imide groups is 1. The summed E-state index contributed by atoms with van der Waals surface area (Å²) in [6.07, 6.45) is 7.07. The molecule has 2 atom stereocenters. The topological polar surface area (TPSA) is 110 Å². The van der Waals surface area contributed by atoms with Crippen molar-refractivity contribution in [2.45, 2.75) is 64.0 Å². The first-order valence-corrected chi connectivity index (χ1v) is 13.0. The molecule has 0 radical (unpaired) electrons. The summed E-state index contributed by atoms with van der Waals surface area (Å²) in [7, 11) is 0. The highest BCUT2D eigenvalue weighted by molar-refractivity contribution is 6.02. The lowest BCUT2D eigenvalue weighted by molar-refractivity contribution is -0.142. The minimum atomic E-state index is -0.234. The highest BCUT2D eigenvalue weighted by Gasteiger charge is 2.41.